The third kappa shape index (κ3) is 4.90. The van der Waals surface area contributed by atoms with Crippen LogP contribution in [0.4, 0.5) is 5.69 Å². The van der Waals surface area contributed by atoms with Gasteiger partial charge in [0.2, 0.25) is 0 Å². The first-order valence-corrected chi connectivity index (χ1v) is 7.46. The number of carbonyl (C=O) groups is 2. The van der Waals surface area contributed by atoms with Crippen LogP contribution in [0.1, 0.15) is 23.1 Å². The highest BCUT2D eigenvalue weighted by Crippen LogP contribution is 2.25. The van der Waals surface area contributed by atoms with Gasteiger partial charge in [0.15, 0.2) is 11.8 Å². The quantitative estimate of drug-likeness (QED) is 0.799. The number of nitrogens with zero attached hydrogens (tertiary/aromatic N) is 2. The van der Waals surface area contributed by atoms with Gasteiger partial charge in [-0.25, -0.2) is 9.78 Å². The fraction of sp³-hybridized carbons (Fsp3) is 0.294. The van der Waals surface area contributed by atoms with Crippen molar-refractivity contribution in [1.29, 1.82) is 0 Å². The number of hydrogen-bond donors (Lipinski definition) is 1. The van der Waals surface area contributed by atoms with Crippen molar-refractivity contribution in [3.63, 3.8) is 0 Å². The van der Waals surface area contributed by atoms with Crippen LogP contribution < -0.4 is 14.8 Å². The molecule has 0 saturated carbocycles. The van der Waals surface area contributed by atoms with Gasteiger partial charge < -0.3 is 19.5 Å². The van der Waals surface area contributed by atoms with Crippen molar-refractivity contribution in [2.24, 2.45) is 0 Å². The maximum atomic E-state index is 12.2. The van der Waals surface area contributed by atoms with Crippen molar-refractivity contribution in [3.05, 3.63) is 42.0 Å². The molecule has 1 heterocycles. The van der Waals surface area contributed by atoms with Gasteiger partial charge in [-0.15, -0.1) is 0 Å². The Labute approximate surface area is 145 Å². The lowest BCUT2D eigenvalue weighted by molar-refractivity contribution is -0.123. The molecule has 132 valence electrons. The van der Waals surface area contributed by atoms with E-state index in [0.717, 1.165) is 0 Å². The summed E-state index contributed by atoms with van der Waals surface area (Å²) in [5.74, 6) is -0.175. The molecule has 0 fully saturated rings. The summed E-state index contributed by atoms with van der Waals surface area (Å²) >= 11 is 0. The van der Waals surface area contributed by atoms with Crippen LogP contribution in [0.25, 0.3) is 0 Å². The number of hydrogen-bond acceptors (Lipinski definition) is 7. The van der Waals surface area contributed by atoms with E-state index >= 15 is 0 Å². The molecule has 8 nitrogen and oxygen atoms in total. The van der Waals surface area contributed by atoms with E-state index in [9.17, 15) is 9.59 Å². The molecule has 1 N–H and O–H groups in total. The maximum Gasteiger partial charge on any atom is 0.359 e. The molecule has 1 atom stereocenters. The average Bonchev–Trinajstić information content (AvgIpc) is 2.61. The molecule has 0 aliphatic rings. The number of anilines is 1. The van der Waals surface area contributed by atoms with Crippen LogP contribution in [0.5, 0.6) is 11.5 Å². The Morgan fingerprint density at radius 1 is 1.04 bits per heavy atom. The SMILES string of the molecule is COc1cc(NC(=O)C(C)OC(=O)c2cnc(C)cn2)cc(OC)c1. The van der Waals surface area contributed by atoms with E-state index in [2.05, 4.69) is 15.3 Å². The number of rotatable bonds is 6. The van der Waals surface area contributed by atoms with Gasteiger partial charge in [0.1, 0.15) is 11.5 Å². The van der Waals surface area contributed by atoms with Crippen molar-refractivity contribution < 1.29 is 23.8 Å². The average molecular weight is 345 g/mol. The van der Waals surface area contributed by atoms with Gasteiger partial charge in [-0.3, -0.25) is 9.78 Å². The zero-order valence-electron chi connectivity index (χ0n) is 14.4. The summed E-state index contributed by atoms with van der Waals surface area (Å²) in [6.07, 6.45) is 1.73. The van der Waals surface area contributed by atoms with Crippen LogP contribution >= 0.6 is 0 Å². The lowest BCUT2D eigenvalue weighted by Gasteiger charge is -2.14. The molecule has 1 unspecified atom stereocenters. The molecule has 0 aliphatic carbocycles. The van der Waals surface area contributed by atoms with Crippen molar-refractivity contribution in [3.8, 4) is 11.5 Å². The highest BCUT2D eigenvalue weighted by atomic mass is 16.5. The van der Waals surface area contributed by atoms with Gasteiger partial charge in [0.05, 0.1) is 26.1 Å². The van der Waals surface area contributed by atoms with Crippen LogP contribution in [0, 0.1) is 6.92 Å². The van der Waals surface area contributed by atoms with Crippen molar-refractivity contribution >= 4 is 17.6 Å². The normalized spacial score (nSPS) is 11.4. The number of nitrogens with one attached hydrogen (secondary N) is 1. The van der Waals surface area contributed by atoms with Gasteiger partial charge in [-0.05, 0) is 13.8 Å². The summed E-state index contributed by atoms with van der Waals surface area (Å²) in [4.78, 5) is 32.1. The zero-order chi connectivity index (χ0) is 18.4. The molecule has 1 aromatic carbocycles. The van der Waals surface area contributed by atoms with E-state index in [-0.39, 0.29) is 5.69 Å². The molecule has 1 aromatic heterocycles. The number of aromatic nitrogens is 2. The Morgan fingerprint density at radius 3 is 2.20 bits per heavy atom. The van der Waals surface area contributed by atoms with Crippen molar-refractivity contribution in [2.45, 2.75) is 20.0 Å². The van der Waals surface area contributed by atoms with E-state index in [0.29, 0.717) is 22.9 Å². The molecule has 0 spiro atoms. The summed E-state index contributed by atoms with van der Waals surface area (Å²) < 4.78 is 15.4. The summed E-state index contributed by atoms with van der Waals surface area (Å²) in [6.45, 7) is 3.22. The van der Waals surface area contributed by atoms with Gasteiger partial charge in [0.25, 0.3) is 5.91 Å². The van der Waals surface area contributed by atoms with Crippen LogP contribution in [-0.4, -0.2) is 42.2 Å². The van der Waals surface area contributed by atoms with E-state index in [4.69, 9.17) is 14.2 Å². The Hall–Kier alpha value is -3.16. The van der Waals surface area contributed by atoms with Crippen molar-refractivity contribution in [1.82, 2.24) is 9.97 Å². The van der Waals surface area contributed by atoms with Crippen LogP contribution in [0.2, 0.25) is 0 Å². The molecule has 25 heavy (non-hydrogen) atoms. The molecule has 0 aliphatic heterocycles. The summed E-state index contributed by atoms with van der Waals surface area (Å²) in [5, 5.41) is 2.64. The largest absolute Gasteiger partial charge is 0.497 e. The number of carbonyl (C=O) groups excluding carboxylic acids is 2. The highest BCUT2D eigenvalue weighted by molar-refractivity contribution is 5.97. The molecule has 0 bridgehead atoms. The molecule has 8 heteroatoms. The van der Waals surface area contributed by atoms with E-state index in [1.165, 1.54) is 33.5 Å². The topological polar surface area (TPSA) is 99.6 Å². The lowest BCUT2D eigenvalue weighted by atomic mass is 10.2. The number of amides is 1. The van der Waals surface area contributed by atoms with E-state index in [1.54, 1.807) is 25.1 Å². The first-order chi connectivity index (χ1) is 11.9. The fourth-order valence-corrected chi connectivity index (χ4v) is 1.90. The van der Waals surface area contributed by atoms with E-state index in [1.807, 2.05) is 0 Å². The third-order valence-electron chi connectivity index (χ3n) is 3.26. The molecule has 0 saturated heterocycles. The molecule has 1 amide bonds. The van der Waals surface area contributed by atoms with Gasteiger partial charge in [-0.1, -0.05) is 0 Å². The van der Waals surface area contributed by atoms with Crippen LogP contribution in [-0.2, 0) is 9.53 Å². The summed E-state index contributed by atoms with van der Waals surface area (Å²) in [5.41, 5.74) is 1.17. The predicted molar refractivity (Wildman–Crippen MR) is 89.8 cm³/mol. The second-order valence-electron chi connectivity index (χ2n) is 5.18. The predicted octanol–water partition coefficient (Wildman–Crippen LogP) is 1.99. The highest BCUT2D eigenvalue weighted by Gasteiger charge is 2.20. The number of aryl methyl sites for hydroxylation is 1. The van der Waals surface area contributed by atoms with E-state index < -0.39 is 18.0 Å². The Morgan fingerprint density at radius 2 is 1.68 bits per heavy atom. The Bertz CT molecular complexity index is 739. The second kappa shape index (κ2) is 8.09. The maximum absolute atomic E-state index is 12.2. The minimum atomic E-state index is -1.02. The minimum absolute atomic E-state index is 0.0355. The first kappa shape index (κ1) is 18.2. The van der Waals surface area contributed by atoms with Crippen LogP contribution in [0.3, 0.4) is 0 Å². The van der Waals surface area contributed by atoms with Gasteiger partial charge in [-0.2, -0.15) is 0 Å². The number of benzene rings is 1. The standard InChI is InChI=1S/C17H19N3O5/c1-10-8-19-15(9-18-10)17(22)25-11(2)16(21)20-12-5-13(23-3)7-14(6-12)24-4/h5-9,11H,1-4H3,(H,20,21). The Balaban J connectivity index is 2.02. The number of methoxy groups -OCH3 is 2. The zero-order valence-corrected chi connectivity index (χ0v) is 14.4. The first-order valence-electron chi connectivity index (χ1n) is 7.46. The monoisotopic (exact) mass is 345 g/mol. The summed E-state index contributed by atoms with van der Waals surface area (Å²) in [6, 6.07) is 4.93. The molecular formula is C17H19N3O5. The molecule has 0 radical (unpaired) electrons. The molecule has 2 aromatic rings. The fourth-order valence-electron chi connectivity index (χ4n) is 1.90. The van der Waals surface area contributed by atoms with Gasteiger partial charge in [0, 0.05) is 30.1 Å². The lowest BCUT2D eigenvalue weighted by Crippen LogP contribution is -2.30. The summed E-state index contributed by atoms with van der Waals surface area (Å²) in [7, 11) is 3.01. The smallest absolute Gasteiger partial charge is 0.359 e. The Kier molecular flexibility index (Phi) is 5.89. The number of ether oxygens (including phenoxy) is 3. The van der Waals surface area contributed by atoms with Crippen LogP contribution in [0.15, 0.2) is 30.6 Å². The number of esters is 1. The second-order valence-corrected chi connectivity index (χ2v) is 5.18. The van der Waals surface area contributed by atoms with Gasteiger partial charge >= 0.3 is 5.97 Å². The molecular weight excluding hydrogens is 326 g/mol. The minimum Gasteiger partial charge on any atom is -0.497 e. The molecule has 2 rings (SSSR count). The third-order valence-corrected chi connectivity index (χ3v) is 3.26. The van der Waals surface area contributed by atoms with Crippen molar-refractivity contribution in [2.75, 3.05) is 19.5 Å².